The predicted octanol–water partition coefficient (Wildman–Crippen LogP) is 1.59. The summed E-state index contributed by atoms with van der Waals surface area (Å²) in [6, 6.07) is -0.501. The molecule has 0 fully saturated rings. The number of carbonyl (C=O) groups is 1. The zero-order chi connectivity index (χ0) is 9.72. The minimum atomic E-state index is -0.821. The van der Waals surface area contributed by atoms with Gasteiger partial charge in [-0.1, -0.05) is 36.4 Å². The van der Waals surface area contributed by atoms with Gasteiger partial charge in [-0.15, -0.1) is 0 Å². The van der Waals surface area contributed by atoms with E-state index in [4.69, 9.17) is 5.11 Å². The molecule has 0 bridgehead atoms. The lowest BCUT2D eigenvalue weighted by Gasteiger charge is -2.17. The molecular formula is C8H14BrNO2. The first kappa shape index (κ1) is 11.6. The Bertz CT molecular complexity index is 180. The maximum Gasteiger partial charge on any atom is 0.320 e. The van der Waals surface area contributed by atoms with E-state index in [1.165, 1.54) is 0 Å². The number of aliphatic carboxylic acids is 1. The van der Waals surface area contributed by atoms with Crippen molar-refractivity contribution in [2.24, 2.45) is 5.92 Å². The van der Waals surface area contributed by atoms with Gasteiger partial charge < -0.3 is 5.11 Å². The fourth-order valence-electron chi connectivity index (χ4n) is 0.829. The van der Waals surface area contributed by atoms with Crippen molar-refractivity contribution in [3.63, 3.8) is 0 Å². The van der Waals surface area contributed by atoms with Gasteiger partial charge in [0.25, 0.3) is 0 Å². The predicted molar refractivity (Wildman–Crippen MR) is 52.3 cm³/mol. The average molecular weight is 236 g/mol. The third-order valence-electron chi connectivity index (χ3n) is 1.45. The molecule has 0 aliphatic carbocycles. The molecule has 1 unspecified atom stereocenters. The lowest BCUT2D eigenvalue weighted by molar-refractivity contribution is -0.140. The van der Waals surface area contributed by atoms with Crippen LogP contribution in [0, 0.1) is 5.92 Å². The third kappa shape index (κ3) is 4.51. The Kier molecular flexibility index (Phi) is 5.17. The average Bonchev–Trinajstić information content (AvgIpc) is 1.84. The van der Waals surface area contributed by atoms with Crippen molar-refractivity contribution < 1.29 is 9.90 Å². The molecule has 0 aliphatic heterocycles. The van der Waals surface area contributed by atoms with Crippen LogP contribution in [0.1, 0.15) is 13.8 Å². The van der Waals surface area contributed by atoms with E-state index in [2.05, 4.69) is 27.8 Å². The molecule has 0 rings (SSSR count). The van der Waals surface area contributed by atoms with Gasteiger partial charge in [-0.05, 0) is 5.92 Å². The quantitative estimate of drug-likeness (QED) is 0.762. The molecule has 0 spiro atoms. The van der Waals surface area contributed by atoms with Crippen LogP contribution >= 0.6 is 15.9 Å². The number of halogens is 1. The molecule has 0 saturated heterocycles. The Morgan fingerprint density at radius 2 is 2.17 bits per heavy atom. The minimum absolute atomic E-state index is 0.0781. The molecule has 4 heteroatoms. The van der Waals surface area contributed by atoms with Gasteiger partial charge in [0.05, 0.1) is 0 Å². The molecule has 0 amide bonds. The van der Waals surface area contributed by atoms with E-state index in [0.717, 1.165) is 4.48 Å². The van der Waals surface area contributed by atoms with Gasteiger partial charge in [-0.3, -0.25) is 10.1 Å². The maximum absolute atomic E-state index is 10.6. The fourth-order valence-corrected chi connectivity index (χ4v) is 0.991. The molecule has 0 aromatic carbocycles. The second kappa shape index (κ2) is 5.32. The van der Waals surface area contributed by atoms with Gasteiger partial charge in [-0.25, -0.2) is 0 Å². The lowest BCUT2D eigenvalue weighted by atomic mass is 10.1. The molecule has 0 radical (unpaired) electrons. The fraction of sp³-hybridized carbons (Fsp3) is 0.625. The SMILES string of the molecule is C=C(Br)CNC(C(=O)O)C(C)C. The van der Waals surface area contributed by atoms with E-state index in [0.29, 0.717) is 6.54 Å². The molecule has 0 aromatic rings. The maximum atomic E-state index is 10.6. The highest BCUT2D eigenvalue weighted by atomic mass is 79.9. The van der Waals surface area contributed by atoms with Crippen LogP contribution in [0.3, 0.4) is 0 Å². The van der Waals surface area contributed by atoms with Crippen LogP contribution in [0.25, 0.3) is 0 Å². The van der Waals surface area contributed by atoms with Crippen LogP contribution in [0.15, 0.2) is 11.1 Å². The second-order valence-electron chi connectivity index (χ2n) is 2.96. The topological polar surface area (TPSA) is 49.3 Å². The van der Waals surface area contributed by atoms with Crippen LogP contribution in [0.4, 0.5) is 0 Å². The van der Waals surface area contributed by atoms with E-state index < -0.39 is 12.0 Å². The van der Waals surface area contributed by atoms with Gasteiger partial charge in [0.1, 0.15) is 6.04 Å². The minimum Gasteiger partial charge on any atom is -0.480 e. The van der Waals surface area contributed by atoms with Crippen LogP contribution < -0.4 is 5.32 Å². The number of carboxylic acids is 1. The number of rotatable bonds is 5. The van der Waals surface area contributed by atoms with E-state index in [9.17, 15) is 4.79 Å². The normalized spacial score (nSPS) is 13.0. The molecule has 12 heavy (non-hydrogen) atoms. The van der Waals surface area contributed by atoms with E-state index in [-0.39, 0.29) is 5.92 Å². The molecule has 1 atom stereocenters. The van der Waals surface area contributed by atoms with Gasteiger partial charge in [0, 0.05) is 11.0 Å². The molecule has 2 N–H and O–H groups in total. The Morgan fingerprint density at radius 1 is 1.67 bits per heavy atom. The first-order valence-corrected chi connectivity index (χ1v) is 4.54. The van der Waals surface area contributed by atoms with Crippen LogP contribution in [0.2, 0.25) is 0 Å². The molecular weight excluding hydrogens is 222 g/mol. The van der Waals surface area contributed by atoms with Crippen molar-refractivity contribution in [2.45, 2.75) is 19.9 Å². The Balaban J connectivity index is 3.97. The van der Waals surface area contributed by atoms with Crippen molar-refractivity contribution in [2.75, 3.05) is 6.54 Å². The van der Waals surface area contributed by atoms with Gasteiger partial charge in [-0.2, -0.15) is 0 Å². The van der Waals surface area contributed by atoms with E-state index in [1.807, 2.05) is 13.8 Å². The number of carboxylic acid groups (broad SMARTS) is 1. The van der Waals surface area contributed by atoms with Crippen molar-refractivity contribution >= 4 is 21.9 Å². The van der Waals surface area contributed by atoms with Crippen molar-refractivity contribution in [3.05, 3.63) is 11.1 Å². The standard InChI is InChI=1S/C8H14BrNO2/c1-5(2)7(8(11)12)10-4-6(3)9/h5,7,10H,3-4H2,1-2H3,(H,11,12). The molecule has 0 aromatic heterocycles. The molecule has 3 nitrogen and oxygen atoms in total. The summed E-state index contributed by atoms with van der Waals surface area (Å²) in [5, 5.41) is 11.6. The second-order valence-corrected chi connectivity index (χ2v) is 4.08. The highest BCUT2D eigenvalue weighted by Gasteiger charge is 2.19. The smallest absolute Gasteiger partial charge is 0.320 e. The van der Waals surface area contributed by atoms with Crippen LogP contribution in [-0.4, -0.2) is 23.7 Å². The van der Waals surface area contributed by atoms with Crippen molar-refractivity contribution in [3.8, 4) is 0 Å². The highest BCUT2D eigenvalue weighted by Crippen LogP contribution is 2.04. The summed E-state index contributed by atoms with van der Waals surface area (Å²) in [4.78, 5) is 10.6. The summed E-state index contributed by atoms with van der Waals surface area (Å²) in [6.07, 6.45) is 0. The van der Waals surface area contributed by atoms with Crippen LogP contribution in [0.5, 0.6) is 0 Å². The first-order chi connectivity index (χ1) is 5.45. The Morgan fingerprint density at radius 3 is 2.42 bits per heavy atom. The molecule has 0 heterocycles. The van der Waals surface area contributed by atoms with Crippen molar-refractivity contribution in [1.82, 2.24) is 5.32 Å². The number of hydrogen-bond acceptors (Lipinski definition) is 2. The molecule has 70 valence electrons. The highest BCUT2D eigenvalue weighted by molar-refractivity contribution is 9.11. The number of hydrogen-bond donors (Lipinski definition) is 2. The van der Waals surface area contributed by atoms with Gasteiger partial charge >= 0.3 is 5.97 Å². The monoisotopic (exact) mass is 235 g/mol. The summed E-state index contributed by atoms with van der Waals surface area (Å²) in [5.74, 6) is -0.742. The zero-order valence-electron chi connectivity index (χ0n) is 7.30. The summed E-state index contributed by atoms with van der Waals surface area (Å²) >= 11 is 3.15. The van der Waals surface area contributed by atoms with Gasteiger partial charge in [0.2, 0.25) is 0 Å². The lowest BCUT2D eigenvalue weighted by Crippen LogP contribution is -2.41. The third-order valence-corrected chi connectivity index (χ3v) is 1.73. The molecule has 0 aliphatic rings. The number of nitrogens with one attached hydrogen (secondary N) is 1. The first-order valence-electron chi connectivity index (χ1n) is 3.74. The van der Waals surface area contributed by atoms with Crippen molar-refractivity contribution in [1.29, 1.82) is 0 Å². The summed E-state index contributed by atoms with van der Waals surface area (Å²) < 4.78 is 0.759. The van der Waals surface area contributed by atoms with E-state index >= 15 is 0 Å². The largest absolute Gasteiger partial charge is 0.480 e. The summed E-state index contributed by atoms with van der Waals surface area (Å²) in [5.41, 5.74) is 0. The Labute approximate surface area is 81.0 Å². The zero-order valence-corrected chi connectivity index (χ0v) is 8.89. The van der Waals surface area contributed by atoms with E-state index in [1.54, 1.807) is 0 Å². The Hall–Kier alpha value is -0.350. The summed E-state index contributed by atoms with van der Waals surface area (Å²) in [7, 11) is 0. The summed E-state index contributed by atoms with van der Waals surface area (Å²) in [6.45, 7) is 7.82. The molecule has 0 saturated carbocycles. The van der Waals surface area contributed by atoms with Crippen LogP contribution in [-0.2, 0) is 4.79 Å². The van der Waals surface area contributed by atoms with Gasteiger partial charge in [0.15, 0.2) is 0 Å².